The second-order valence-corrected chi connectivity index (χ2v) is 1.33. The molecule has 0 nitrogen and oxygen atoms in total. The molecule has 0 unspecified atom stereocenters. The van der Waals surface area contributed by atoms with Crippen molar-refractivity contribution in [3.8, 4) is 0 Å². The molecule has 0 aromatic heterocycles. The molecule has 0 spiro atoms. The first-order valence-corrected chi connectivity index (χ1v) is 3.12. The predicted molar refractivity (Wildman–Crippen MR) is 36.5 cm³/mol. The van der Waals surface area contributed by atoms with Crippen molar-refractivity contribution in [2.75, 3.05) is 0 Å². The maximum Gasteiger partial charge on any atom is 0.0451 e. The van der Waals surface area contributed by atoms with Gasteiger partial charge in [-0.05, 0) is 0 Å². The van der Waals surface area contributed by atoms with E-state index in [0.717, 1.165) is 6.07 Å². The minimum absolute atomic E-state index is 0. The SMILES string of the molecule is CC.Fc1[c-]cccc1F.[Y]. The molecule has 0 fully saturated rings. The molecule has 1 aromatic rings. The van der Waals surface area contributed by atoms with Crippen molar-refractivity contribution in [3.05, 3.63) is 35.9 Å². The van der Waals surface area contributed by atoms with Crippen LogP contribution in [0.4, 0.5) is 8.78 Å². The van der Waals surface area contributed by atoms with Crippen molar-refractivity contribution in [2.24, 2.45) is 0 Å². The molecule has 11 heavy (non-hydrogen) atoms. The van der Waals surface area contributed by atoms with E-state index in [-0.39, 0.29) is 32.7 Å². The molecule has 1 rings (SSSR count). The molecule has 0 saturated carbocycles. The summed E-state index contributed by atoms with van der Waals surface area (Å²) in [6.45, 7) is 4.00. The van der Waals surface area contributed by atoms with Gasteiger partial charge in [-0.15, -0.1) is 12.1 Å². The van der Waals surface area contributed by atoms with Gasteiger partial charge in [-0.3, -0.25) is 4.39 Å². The maximum absolute atomic E-state index is 11.9. The minimum atomic E-state index is -0.924. The summed E-state index contributed by atoms with van der Waals surface area (Å²) in [7, 11) is 0. The van der Waals surface area contributed by atoms with E-state index in [9.17, 15) is 8.78 Å². The van der Waals surface area contributed by atoms with Crippen molar-refractivity contribution in [3.63, 3.8) is 0 Å². The predicted octanol–water partition coefficient (Wildman–Crippen LogP) is 2.79. The maximum atomic E-state index is 11.9. The van der Waals surface area contributed by atoms with Gasteiger partial charge in [-0.25, -0.2) is 4.39 Å². The van der Waals surface area contributed by atoms with Crippen LogP contribution in [0.3, 0.4) is 0 Å². The normalized spacial score (nSPS) is 7.27. The summed E-state index contributed by atoms with van der Waals surface area (Å²) < 4.78 is 23.8. The van der Waals surface area contributed by atoms with E-state index >= 15 is 0 Å². The molecule has 0 aliphatic rings. The Kier molecular flexibility index (Phi) is 10.4. The van der Waals surface area contributed by atoms with Crippen molar-refractivity contribution < 1.29 is 41.5 Å². The Morgan fingerprint density at radius 1 is 1.27 bits per heavy atom. The summed E-state index contributed by atoms with van der Waals surface area (Å²) in [6.07, 6.45) is 0. The summed E-state index contributed by atoms with van der Waals surface area (Å²) >= 11 is 0. The van der Waals surface area contributed by atoms with E-state index in [1.165, 1.54) is 12.1 Å². The van der Waals surface area contributed by atoms with Gasteiger partial charge in [0, 0.05) is 44.3 Å². The third-order valence-corrected chi connectivity index (χ3v) is 0.759. The number of halogens is 2. The van der Waals surface area contributed by atoms with Crippen molar-refractivity contribution >= 4 is 0 Å². The van der Waals surface area contributed by atoms with E-state index < -0.39 is 11.6 Å². The van der Waals surface area contributed by atoms with E-state index in [1.54, 1.807) is 0 Å². The van der Waals surface area contributed by atoms with Gasteiger partial charge in [-0.1, -0.05) is 13.8 Å². The number of hydrogen-bond acceptors (Lipinski definition) is 0. The molecule has 59 valence electrons. The molecule has 3 heteroatoms. The average molecular weight is 232 g/mol. The van der Waals surface area contributed by atoms with Gasteiger partial charge in [0.05, 0.1) is 0 Å². The summed E-state index contributed by atoms with van der Waals surface area (Å²) in [4.78, 5) is 0. The van der Waals surface area contributed by atoms with Crippen LogP contribution in [0.1, 0.15) is 13.8 Å². The van der Waals surface area contributed by atoms with Crippen molar-refractivity contribution in [1.29, 1.82) is 0 Å². The fourth-order valence-corrected chi connectivity index (χ4v) is 0.396. The summed E-state index contributed by atoms with van der Waals surface area (Å²) in [5.74, 6) is -1.78. The summed E-state index contributed by atoms with van der Waals surface area (Å²) in [6, 6.07) is 5.81. The Bertz CT molecular complexity index is 168. The first-order valence-electron chi connectivity index (χ1n) is 3.12. The van der Waals surface area contributed by atoms with Crippen LogP contribution in [0.25, 0.3) is 0 Å². The van der Waals surface area contributed by atoms with Gasteiger partial charge in [-0.2, -0.15) is 12.1 Å². The topological polar surface area (TPSA) is 0 Å². The molecule has 0 aliphatic carbocycles. The Hall–Kier alpha value is 0.184. The second kappa shape index (κ2) is 8.28. The molecule has 1 aromatic carbocycles. The van der Waals surface area contributed by atoms with Crippen LogP contribution in [0, 0.1) is 17.7 Å². The summed E-state index contributed by atoms with van der Waals surface area (Å²) in [5, 5.41) is 0. The Morgan fingerprint density at radius 2 is 1.82 bits per heavy atom. The standard InChI is InChI=1S/C6H3F2.C2H6.Y/c7-5-3-1-2-4-6(5)8;1-2;/h1-3H;1-2H3;/q-1;;. The van der Waals surface area contributed by atoms with E-state index in [1.807, 2.05) is 13.8 Å². The fourth-order valence-electron chi connectivity index (χ4n) is 0.396. The number of rotatable bonds is 0. The average Bonchev–Trinajstić information content (AvgIpc) is 2.00. The molecule has 0 N–H and O–H groups in total. The van der Waals surface area contributed by atoms with Crippen LogP contribution in [0.5, 0.6) is 0 Å². The largest absolute Gasteiger partial charge is 0.281 e. The minimum Gasteiger partial charge on any atom is -0.281 e. The van der Waals surface area contributed by atoms with Crippen LogP contribution < -0.4 is 0 Å². The zero-order valence-corrected chi connectivity index (χ0v) is 9.40. The molecule has 0 atom stereocenters. The van der Waals surface area contributed by atoms with E-state index in [2.05, 4.69) is 6.07 Å². The van der Waals surface area contributed by atoms with Crippen molar-refractivity contribution in [2.45, 2.75) is 13.8 Å². The van der Waals surface area contributed by atoms with Gasteiger partial charge >= 0.3 is 0 Å². The Morgan fingerprint density at radius 3 is 2.09 bits per heavy atom. The van der Waals surface area contributed by atoms with Crippen LogP contribution >= 0.6 is 0 Å². The Balaban J connectivity index is 0. The smallest absolute Gasteiger partial charge is 0.0451 e. The monoisotopic (exact) mass is 232 g/mol. The molecular weight excluding hydrogens is 223 g/mol. The van der Waals surface area contributed by atoms with Crippen LogP contribution in [-0.2, 0) is 32.7 Å². The molecule has 0 amide bonds. The van der Waals surface area contributed by atoms with Gasteiger partial charge in [0.2, 0.25) is 0 Å². The molecule has 1 radical (unpaired) electrons. The van der Waals surface area contributed by atoms with Gasteiger partial charge in [0.1, 0.15) is 0 Å². The third kappa shape index (κ3) is 5.45. The first kappa shape index (κ1) is 13.8. The summed E-state index contributed by atoms with van der Waals surface area (Å²) in [5.41, 5.74) is 0. The van der Waals surface area contributed by atoms with Gasteiger partial charge in [0.15, 0.2) is 0 Å². The molecule has 0 aliphatic heterocycles. The van der Waals surface area contributed by atoms with Gasteiger partial charge < -0.3 is 0 Å². The van der Waals surface area contributed by atoms with Crippen LogP contribution in [-0.4, -0.2) is 0 Å². The molecule has 0 bridgehead atoms. The fraction of sp³-hybridized carbons (Fsp3) is 0.250. The van der Waals surface area contributed by atoms with Gasteiger partial charge in [0.25, 0.3) is 0 Å². The Labute approximate surface area is 90.9 Å². The number of hydrogen-bond donors (Lipinski definition) is 0. The third-order valence-electron chi connectivity index (χ3n) is 0.759. The van der Waals surface area contributed by atoms with Crippen molar-refractivity contribution in [1.82, 2.24) is 0 Å². The van der Waals surface area contributed by atoms with E-state index in [0.29, 0.717) is 0 Å². The molecule has 0 saturated heterocycles. The first-order chi connectivity index (χ1) is 4.80. The zero-order chi connectivity index (χ0) is 7.98. The van der Waals surface area contributed by atoms with Crippen LogP contribution in [0.2, 0.25) is 0 Å². The second-order valence-electron chi connectivity index (χ2n) is 1.33. The molecular formula is C8H9F2Y-. The number of benzene rings is 1. The zero-order valence-electron chi connectivity index (χ0n) is 6.57. The van der Waals surface area contributed by atoms with E-state index in [4.69, 9.17) is 0 Å². The molecule has 0 heterocycles. The quantitative estimate of drug-likeness (QED) is 0.603. The van der Waals surface area contributed by atoms with Crippen LogP contribution in [0.15, 0.2) is 18.2 Å².